The van der Waals surface area contributed by atoms with Crippen LogP contribution >= 0.6 is 0 Å². The average Bonchev–Trinajstić information content (AvgIpc) is 2.51. The molecular formula is C21H28O2. The Kier molecular flexibility index (Phi) is 4.52. The van der Waals surface area contributed by atoms with Gasteiger partial charge in [0.05, 0.1) is 0 Å². The first-order valence-electron chi connectivity index (χ1n) is 8.89. The Morgan fingerprint density at radius 3 is 2.91 bits per heavy atom. The predicted molar refractivity (Wildman–Crippen MR) is 94.9 cm³/mol. The van der Waals surface area contributed by atoms with Crippen molar-refractivity contribution in [2.75, 3.05) is 0 Å². The Hall–Kier alpha value is -1.70. The van der Waals surface area contributed by atoms with Gasteiger partial charge in [-0.25, -0.2) is 0 Å². The van der Waals surface area contributed by atoms with Crippen molar-refractivity contribution in [3.63, 3.8) is 0 Å². The third-order valence-corrected chi connectivity index (χ3v) is 5.54. The molecule has 2 aliphatic rings. The lowest BCUT2D eigenvalue weighted by atomic mass is 9.74. The number of hydrogen-bond donors (Lipinski definition) is 1. The Bertz CT molecular complexity index is 641. The van der Waals surface area contributed by atoms with Crippen LogP contribution in [0.5, 0.6) is 11.5 Å². The van der Waals surface area contributed by atoms with E-state index < -0.39 is 0 Å². The Labute approximate surface area is 139 Å². The second-order valence-electron chi connectivity index (χ2n) is 7.33. The van der Waals surface area contributed by atoms with E-state index in [-0.39, 0.29) is 5.92 Å². The van der Waals surface area contributed by atoms with Gasteiger partial charge in [-0.05, 0) is 56.2 Å². The van der Waals surface area contributed by atoms with Crippen LogP contribution in [-0.2, 0) is 6.42 Å². The Morgan fingerprint density at radius 2 is 2.17 bits per heavy atom. The van der Waals surface area contributed by atoms with Gasteiger partial charge in [0.2, 0.25) is 0 Å². The number of aryl methyl sites for hydroxylation is 1. The van der Waals surface area contributed by atoms with Crippen molar-refractivity contribution in [2.24, 2.45) is 11.8 Å². The number of phenols is 1. The van der Waals surface area contributed by atoms with Gasteiger partial charge in [0.1, 0.15) is 17.3 Å². The van der Waals surface area contributed by atoms with E-state index in [0.29, 0.717) is 17.6 Å². The van der Waals surface area contributed by atoms with Crippen molar-refractivity contribution in [1.82, 2.24) is 0 Å². The number of aromatic hydroxyl groups is 1. The molecule has 0 fully saturated rings. The van der Waals surface area contributed by atoms with Gasteiger partial charge in [0, 0.05) is 17.4 Å². The molecule has 0 radical (unpaired) electrons. The summed E-state index contributed by atoms with van der Waals surface area (Å²) in [5, 5.41) is 10.6. The van der Waals surface area contributed by atoms with Crippen LogP contribution in [0.3, 0.4) is 0 Å². The highest BCUT2D eigenvalue weighted by atomic mass is 16.5. The summed E-state index contributed by atoms with van der Waals surface area (Å²) < 4.78 is 6.01. The van der Waals surface area contributed by atoms with E-state index >= 15 is 0 Å². The minimum atomic E-state index is 0.212. The molecule has 0 saturated heterocycles. The molecule has 23 heavy (non-hydrogen) atoms. The molecule has 1 heterocycles. The molecule has 1 aliphatic carbocycles. The quantitative estimate of drug-likeness (QED) is 0.721. The number of allylic oxidation sites excluding steroid dienone is 3. The summed E-state index contributed by atoms with van der Waals surface area (Å²) in [5.74, 6) is 3.25. The fourth-order valence-electron chi connectivity index (χ4n) is 3.78. The molecule has 2 heteroatoms. The zero-order valence-corrected chi connectivity index (χ0v) is 14.6. The summed E-state index contributed by atoms with van der Waals surface area (Å²) in [6.45, 7) is 10.8. The number of rotatable bonds is 4. The van der Waals surface area contributed by atoms with Crippen molar-refractivity contribution in [3.05, 3.63) is 47.2 Å². The van der Waals surface area contributed by atoms with E-state index in [1.54, 1.807) is 0 Å². The highest BCUT2D eigenvalue weighted by Gasteiger charge is 2.36. The van der Waals surface area contributed by atoms with Gasteiger partial charge in [-0.15, -0.1) is 0 Å². The number of ether oxygens (including phenoxy) is 1. The summed E-state index contributed by atoms with van der Waals surface area (Å²) in [6, 6.07) is 4.05. The molecule has 1 aromatic carbocycles. The van der Waals surface area contributed by atoms with Crippen molar-refractivity contribution in [3.8, 4) is 11.5 Å². The predicted octanol–water partition coefficient (Wildman–Crippen LogP) is 5.72. The zero-order valence-electron chi connectivity index (χ0n) is 14.6. The van der Waals surface area contributed by atoms with Crippen LogP contribution in [0.15, 0.2) is 36.1 Å². The maximum absolute atomic E-state index is 10.6. The van der Waals surface area contributed by atoms with Crippen molar-refractivity contribution >= 4 is 0 Å². The highest BCUT2D eigenvalue weighted by Crippen LogP contribution is 2.51. The number of benzene rings is 1. The molecule has 124 valence electrons. The fraction of sp³-hybridized carbons (Fsp3) is 0.524. The molecule has 1 unspecified atom stereocenters. The molecule has 3 atom stereocenters. The summed E-state index contributed by atoms with van der Waals surface area (Å²) in [4.78, 5) is 0. The molecular weight excluding hydrogens is 284 g/mol. The Morgan fingerprint density at radius 1 is 1.39 bits per heavy atom. The van der Waals surface area contributed by atoms with Gasteiger partial charge in [0.15, 0.2) is 0 Å². The van der Waals surface area contributed by atoms with Crippen LogP contribution < -0.4 is 4.74 Å². The standard InChI is InChI=1S/C21H28O2/c1-5-13(2)6-8-16-11-19(22)21-18-10-14(3)7-9-17(18)15(4)23-20(21)12-16/h10-13,17-18,22H,4-9H2,1-3H3/t13?,17-,18+/m0/s1. The topological polar surface area (TPSA) is 29.5 Å². The Balaban J connectivity index is 1.93. The molecule has 0 bridgehead atoms. The molecule has 0 amide bonds. The van der Waals surface area contributed by atoms with E-state index in [1.807, 2.05) is 6.07 Å². The molecule has 0 spiro atoms. The average molecular weight is 312 g/mol. The van der Waals surface area contributed by atoms with Crippen LogP contribution in [-0.4, -0.2) is 5.11 Å². The third-order valence-electron chi connectivity index (χ3n) is 5.54. The first-order chi connectivity index (χ1) is 11.0. The molecule has 0 aromatic heterocycles. The highest BCUT2D eigenvalue weighted by molar-refractivity contribution is 5.54. The molecule has 2 nitrogen and oxygen atoms in total. The van der Waals surface area contributed by atoms with Crippen LogP contribution in [0.25, 0.3) is 0 Å². The minimum Gasteiger partial charge on any atom is -0.507 e. The molecule has 1 aromatic rings. The number of phenolic OH excluding ortho intramolecular Hbond substituents is 1. The molecule has 1 N–H and O–H groups in total. The van der Waals surface area contributed by atoms with Crippen LogP contribution in [0, 0.1) is 11.8 Å². The van der Waals surface area contributed by atoms with Gasteiger partial charge in [-0.2, -0.15) is 0 Å². The van der Waals surface area contributed by atoms with Crippen molar-refractivity contribution in [2.45, 2.75) is 58.8 Å². The summed E-state index contributed by atoms with van der Waals surface area (Å²) >= 11 is 0. The van der Waals surface area contributed by atoms with Crippen molar-refractivity contribution in [1.29, 1.82) is 0 Å². The lowest BCUT2D eigenvalue weighted by Crippen LogP contribution is -2.25. The van der Waals surface area contributed by atoms with Gasteiger partial charge in [-0.3, -0.25) is 0 Å². The summed E-state index contributed by atoms with van der Waals surface area (Å²) in [7, 11) is 0. The first kappa shape index (κ1) is 16.2. The normalized spacial score (nSPS) is 24.3. The maximum Gasteiger partial charge on any atom is 0.134 e. The lowest BCUT2D eigenvalue weighted by molar-refractivity contribution is 0.275. The van der Waals surface area contributed by atoms with Crippen molar-refractivity contribution < 1.29 is 9.84 Å². The number of fused-ring (bicyclic) bond motifs is 3. The van der Waals surface area contributed by atoms with E-state index in [1.165, 1.54) is 12.0 Å². The fourth-order valence-corrected chi connectivity index (χ4v) is 3.78. The number of hydrogen-bond acceptors (Lipinski definition) is 2. The second-order valence-corrected chi connectivity index (χ2v) is 7.33. The smallest absolute Gasteiger partial charge is 0.134 e. The maximum atomic E-state index is 10.6. The second kappa shape index (κ2) is 6.43. The van der Waals surface area contributed by atoms with Crippen LogP contribution in [0.4, 0.5) is 0 Å². The van der Waals surface area contributed by atoms with Gasteiger partial charge < -0.3 is 9.84 Å². The molecule has 3 rings (SSSR count). The van der Waals surface area contributed by atoms with Crippen LogP contribution in [0.1, 0.15) is 63.5 Å². The zero-order chi connectivity index (χ0) is 16.6. The monoisotopic (exact) mass is 312 g/mol. The first-order valence-corrected chi connectivity index (χ1v) is 8.89. The van der Waals surface area contributed by atoms with E-state index in [4.69, 9.17) is 4.74 Å². The summed E-state index contributed by atoms with van der Waals surface area (Å²) in [6.07, 6.45) is 7.75. The van der Waals surface area contributed by atoms with E-state index in [9.17, 15) is 5.11 Å². The van der Waals surface area contributed by atoms with Gasteiger partial charge in [-0.1, -0.05) is 38.5 Å². The molecule has 0 saturated carbocycles. The van der Waals surface area contributed by atoms with E-state index in [2.05, 4.69) is 39.5 Å². The van der Waals surface area contributed by atoms with Gasteiger partial charge in [0.25, 0.3) is 0 Å². The third kappa shape index (κ3) is 3.17. The van der Waals surface area contributed by atoms with Crippen LogP contribution in [0.2, 0.25) is 0 Å². The SMILES string of the molecule is C=C1Oc2cc(CCC(C)CC)cc(O)c2[C@@H]2C=C(C)CC[C@@H]12. The molecule has 1 aliphatic heterocycles. The minimum absolute atomic E-state index is 0.212. The largest absolute Gasteiger partial charge is 0.507 e. The van der Waals surface area contributed by atoms with Gasteiger partial charge >= 0.3 is 0 Å². The van der Waals surface area contributed by atoms with E-state index in [0.717, 1.165) is 48.3 Å². The lowest BCUT2D eigenvalue weighted by Gasteiger charge is -2.37. The summed E-state index contributed by atoms with van der Waals surface area (Å²) in [5.41, 5.74) is 3.50.